The molecule has 2 N–H and O–H groups in total. The molecule has 1 aliphatic rings. The van der Waals surface area contributed by atoms with E-state index in [1.807, 2.05) is 19.2 Å². The molecule has 0 aliphatic carbocycles. The number of hydrogen-bond donors (Lipinski definition) is 2. The van der Waals surface area contributed by atoms with E-state index < -0.39 is 6.10 Å². The lowest BCUT2D eigenvalue weighted by molar-refractivity contribution is -0.122. The van der Waals surface area contributed by atoms with Gasteiger partial charge in [-0.3, -0.25) is 4.79 Å². The zero-order valence-corrected chi connectivity index (χ0v) is 19.0. The molecule has 172 valence electrons. The van der Waals surface area contributed by atoms with Gasteiger partial charge in [0.15, 0.2) is 6.10 Å². The first-order chi connectivity index (χ1) is 14.6. The zero-order chi connectivity index (χ0) is 22.0. The average molecular weight is 423 g/mol. The molecule has 0 spiro atoms. The van der Waals surface area contributed by atoms with Gasteiger partial charge in [-0.05, 0) is 18.6 Å². The number of likely N-dealkylation sites (N-methyl/N-ethyl adjacent to an activating group) is 1. The van der Waals surface area contributed by atoms with E-state index in [2.05, 4.69) is 22.9 Å². The van der Waals surface area contributed by atoms with Crippen LogP contribution in [0.4, 0.5) is 0 Å². The second kappa shape index (κ2) is 16.8. The first kappa shape index (κ1) is 26.1. The molecule has 0 saturated heterocycles. The molecule has 2 heterocycles. The highest BCUT2D eigenvalue weighted by atomic mass is 16.4. The Hall–Kier alpha value is -1.95. The maximum absolute atomic E-state index is 10.4. The third-order valence-corrected chi connectivity index (χ3v) is 5.54. The van der Waals surface area contributed by atoms with Crippen LogP contribution in [-0.4, -0.2) is 46.7 Å². The lowest BCUT2D eigenvalue weighted by atomic mass is 10.1. The fourth-order valence-electron chi connectivity index (χ4n) is 3.84. The Balaban J connectivity index is 0.00000141. The van der Waals surface area contributed by atoms with Crippen molar-refractivity contribution in [1.29, 1.82) is 0 Å². The van der Waals surface area contributed by atoms with Gasteiger partial charge in [-0.2, -0.15) is 0 Å². The fraction of sp³-hybridized carbons (Fsp3) is 0.708. The smallest absolute Gasteiger partial charge is 0.290 e. The summed E-state index contributed by atoms with van der Waals surface area (Å²) in [5.74, 6) is 0.611. The second-order valence-electron chi connectivity index (χ2n) is 8.12. The summed E-state index contributed by atoms with van der Waals surface area (Å²) in [4.78, 5) is 12.8. The van der Waals surface area contributed by atoms with Gasteiger partial charge in [-0.15, -0.1) is 0 Å². The number of nitrogens with zero attached hydrogens (tertiary/aromatic N) is 2. The Bertz CT molecular complexity index is 560. The summed E-state index contributed by atoms with van der Waals surface area (Å²) in [5, 5.41) is 17.3. The Morgan fingerprint density at radius 1 is 1.03 bits per heavy atom. The highest BCUT2D eigenvalue weighted by Crippen LogP contribution is 2.28. The van der Waals surface area contributed by atoms with Gasteiger partial charge in [0.1, 0.15) is 5.76 Å². The standard InChI is InChI=1S/C23H40N2O2.CH2O2/c1-3-4-5-6-7-8-9-10-11-12-13-14-17-25-19-21(24(2)20-25)23(26)22-16-15-18-27-22;2-1-3/h15-16,18-19,23,26H,3-14,17,20H2,1-2H3;1H,(H,2,3). The summed E-state index contributed by atoms with van der Waals surface area (Å²) in [6.07, 6.45) is 19.6. The van der Waals surface area contributed by atoms with Crippen LogP contribution in [0.2, 0.25) is 0 Å². The van der Waals surface area contributed by atoms with E-state index in [0.29, 0.717) is 5.76 Å². The quantitative estimate of drug-likeness (QED) is 0.276. The number of carboxylic acid groups (broad SMARTS) is 1. The molecule has 0 fully saturated rings. The predicted molar refractivity (Wildman–Crippen MR) is 121 cm³/mol. The van der Waals surface area contributed by atoms with Crippen LogP contribution < -0.4 is 0 Å². The van der Waals surface area contributed by atoms with Crippen LogP contribution in [0, 0.1) is 0 Å². The Morgan fingerprint density at radius 2 is 1.57 bits per heavy atom. The number of carbonyl (C=O) groups is 1. The van der Waals surface area contributed by atoms with E-state index in [0.717, 1.165) is 18.9 Å². The van der Waals surface area contributed by atoms with Gasteiger partial charge < -0.3 is 24.4 Å². The van der Waals surface area contributed by atoms with E-state index in [1.165, 1.54) is 77.0 Å². The van der Waals surface area contributed by atoms with Crippen LogP contribution in [0.5, 0.6) is 0 Å². The molecule has 0 bridgehead atoms. The molecule has 1 atom stereocenters. The molecule has 0 saturated carbocycles. The van der Waals surface area contributed by atoms with E-state index in [-0.39, 0.29) is 6.47 Å². The summed E-state index contributed by atoms with van der Waals surface area (Å²) in [6, 6.07) is 3.64. The van der Waals surface area contributed by atoms with Crippen molar-refractivity contribution in [2.45, 2.75) is 90.1 Å². The van der Waals surface area contributed by atoms with Gasteiger partial charge in [-0.1, -0.05) is 77.6 Å². The Morgan fingerprint density at radius 3 is 2.07 bits per heavy atom. The monoisotopic (exact) mass is 422 g/mol. The van der Waals surface area contributed by atoms with Gasteiger partial charge in [0.25, 0.3) is 6.47 Å². The molecule has 0 aromatic carbocycles. The average Bonchev–Trinajstić information content (AvgIpc) is 3.39. The summed E-state index contributed by atoms with van der Waals surface area (Å²) < 4.78 is 5.33. The minimum absolute atomic E-state index is 0.250. The number of rotatable bonds is 15. The van der Waals surface area contributed by atoms with Gasteiger partial charge in [0.05, 0.1) is 18.6 Å². The highest BCUT2D eigenvalue weighted by Gasteiger charge is 2.25. The molecular formula is C24H42N2O4. The first-order valence-electron chi connectivity index (χ1n) is 11.6. The summed E-state index contributed by atoms with van der Waals surface area (Å²) >= 11 is 0. The number of aliphatic hydroxyl groups excluding tert-OH is 1. The Labute approximate surface area is 182 Å². The molecule has 6 nitrogen and oxygen atoms in total. The highest BCUT2D eigenvalue weighted by molar-refractivity contribution is 5.32. The number of unbranched alkanes of at least 4 members (excludes halogenated alkanes) is 11. The van der Waals surface area contributed by atoms with Gasteiger partial charge in [-0.25, -0.2) is 0 Å². The largest absolute Gasteiger partial charge is 0.483 e. The minimum Gasteiger partial charge on any atom is -0.483 e. The summed E-state index contributed by atoms with van der Waals surface area (Å²) in [6.45, 7) is 3.95. The number of aliphatic hydroxyl groups is 1. The lowest BCUT2D eigenvalue weighted by Crippen LogP contribution is -2.25. The molecule has 0 amide bonds. The summed E-state index contributed by atoms with van der Waals surface area (Å²) in [7, 11) is 2.03. The van der Waals surface area contributed by atoms with Crippen molar-refractivity contribution in [1.82, 2.24) is 9.80 Å². The van der Waals surface area contributed by atoms with Crippen LogP contribution in [0.1, 0.15) is 95.8 Å². The van der Waals surface area contributed by atoms with Gasteiger partial charge in [0, 0.05) is 19.8 Å². The number of furan rings is 1. The van der Waals surface area contributed by atoms with E-state index in [9.17, 15) is 5.11 Å². The molecule has 2 rings (SSSR count). The maximum Gasteiger partial charge on any atom is 0.290 e. The van der Waals surface area contributed by atoms with Crippen molar-refractivity contribution in [3.63, 3.8) is 0 Å². The van der Waals surface area contributed by atoms with E-state index in [4.69, 9.17) is 14.3 Å². The van der Waals surface area contributed by atoms with Gasteiger partial charge in [0.2, 0.25) is 0 Å². The molecule has 6 heteroatoms. The van der Waals surface area contributed by atoms with Crippen molar-refractivity contribution in [2.24, 2.45) is 0 Å². The molecule has 0 radical (unpaired) electrons. The topological polar surface area (TPSA) is 77.2 Å². The number of hydrogen-bond acceptors (Lipinski definition) is 5. The van der Waals surface area contributed by atoms with Crippen molar-refractivity contribution in [2.75, 3.05) is 20.3 Å². The van der Waals surface area contributed by atoms with Crippen molar-refractivity contribution >= 4 is 6.47 Å². The lowest BCUT2D eigenvalue weighted by Gasteiger charge is -2.20. The maximum atomic E-state index is 10.4. The first-order valence-corrected chi connectivity index (χ1v) is 11.6. The van der Waals surface area contributed by atoms with Crippen LogP contribution in [0.3, 0.4) is 0 Å². The molecule has 30 heavy (non-hydrogen) atoms. The third-order valence-electron chi connectivity index (χ3n) is 5.54. The molecular weight excluding hydrogens is 380 g/mol. The SMILES string of the molecule is CCCCCCCCCCCCCCN1C=C(C(O)c2ccco2)N(C)C1.O=CO. The normalized spacial score (nSPS) is 14.3. The van der Waals surface area contributed by atoms with E-state index >= 15 is 0 Å². The Kier molecular flexibility index (Phi) is 14.6. The van der Waals surface area contributed by atoms with Crippen LogP contribution in [0.15, 0.2) is 34.7 Å². The van der Waals surface area contributed by atoms with Crippen molar-refractivity contribution in [3.05, 3.63) is 36.1 Å². The molecule has 1 aliphatic heterocycles. The van der Waals surface area contributed by atoms with Crippen LogP contribution >= 0.6 is 0 Å². The van der Waals surface area contributed by atoms with Crippen LogP contribution in [0.25, 0.3) is 0 Å². The minimum atomic E-state index is -0.669. The van der Waals surface area contributed by atoms with Gasteiger partial charge >= 0.3 is 0 Å². The van der Waals surface area contributed by atoms with E-state index in [1.54, 1.807) is 6.26 Å². The third kappa shape index (κ3) is 10.7. The summed E-state index contributed by atoms with van der Waals surface area (Å²) in [5.41, 5.74) is 0.920. The predicted octanol–water partition coefficient (Wildman–Crippen LogP) is 5.76. The molecule has 1 aromatic rings. The zero-order valence-electron chi connectivity index (χ0n) is 19.0. The molecule has 1 unspecified atom stereocenters. The molecule has 1 aromatic heterocycles. The van der Waals surface area contributed by atoms with Crippen molar-refractivity contribution in [3.8, 4) is 0 Å². The van der Waals surface area contributed by atoms with Crippen molar-refractivity contribution < 1.29 is 19.4 Å². The second-order valence-corrected chi connectivity index (χ2v) is 8.12. The van der Waals surface area contributed by atoms with Crippen LogP contribution in [-0.2, 0) is 4.79 Å². The fourth-order valence-corrected chi connectivity index (χ4v) is 3.84.